The van der Waals surface area contributed by atoms with Crippen LogP contribution in [-0.2, 0) is 28.0 Å². The molecule has 0 bridgehead atoms. The third-order valence-electron chi connectivity index (χ3n) is 12.3. The number of ketones is 1. The van der Waals surface area contributed by atoms with Crippen LogP contribution in [0.5, 0.6) is 0 Å². The molecule has 278 valence electrons. The first-order valence-electron chi connectivity index (χ1n) is 18.7. The van der Waals surface area contributed by atoms with E-state index in [0.717, 1.165) is 76.3 Å². The zero-order chi connectivity index (χ0) is 37.4. The van der Waals surface area contributed by atoms with Crippen molar-refractivity contribution in [3.63, 3.8) is 0 Å². The molecular weight excluding hydrogens is 678 g/mol. The van der Waals surface area contributed by atoms with E-state index in [1.54, 1.807) is 12.2 Å². The molecule has 7 rings (SSSR count). The first-order chi connectivity index (χ1) is 24.4. The number of benzene rings is 2. The lowest BCUT2D eigenvalue weighted by Crippen LogP contribution is -2.34. The molecule has 2 fully saturated rings. The van der Waals surface area contributed by atoms with Crippen LogP contribution in [0.4, 0.5) is 37.7 Å². The predicted molar refractivity (Wildman–Crippen MR) is 190 cm³/mol. The lowest BCUT2D eigenvalue weighted by molar-refractivity contribution is -0.447. The predicted octanol–water partition coefficient (Wildman–Crippen LogP) is 11.3. The Bertz CT molecular complexity index is 1910. The van der Waals surface area contributed by atoms with E-state index in [1.165, 1.54) is 24.3 Å². The van der Waals surface area contributed by atoms with Crippen LogP contribution in [0.3, 0.4) is 0 Å². The van der Waals surface area contributed by atoms with Crippen molar-refractivity contribution in [1.29, 1.82) is 0 Å². The number of allylic oxidation sites excluding steroid dienone is 5. The van der Waals surface area contributed by atoms with Gasteiger partial charge in [0.2, 0.25) is 11.5 Å². The minimum Gasteiger partial charge on any atom is -0.506 e. The largest absolute Gasteiger partial charge is 0.506 e. The molecule has 0 unspecified atom stereocenters. The average molecular weight is 726 g/mol. The Morgan fingerprint density at radius 3 is 1.90 bits per heavy atom. The van der Waals surface area contributed by atoms with Crippen molar-refractivity contribution in [2.45, 2.75) is 115 Å². The fourth-order valence-electron chi connectivity index (χ4n) is 9.26. The van der Waals surface area contributed by atoms with Gasteiger partial charge in [-0.25, -0.2) is 0 Å². The summed E-state index contributed by atoms with van der Waals surface area (Å²) in [6.45, 7) is 8.59. The molecule has 5 aliphatic rings. The summed E-state index contributed by atoms with van der Waals surface area (Å²) in [4.78, 5) is 16.0. The third-order valence-corrected chi connectivity index (χ3v) is 12.3. The van der Waals surface area contributed by atoms with Gasteiger partial charge in [0, 0.05) is 47.0 Å². The minimum atomic E-state index is -4.51. The molecule has 3 aliphatic carbocycles. The highest BCUT2D eigenvalue weighted by Gasteiger charge is 2.49. The number of hydrogen-bond acceptors (Lipinski definition) is 3. The summed E-state index contributed by atoms with van der Waals surface area (Å²) in [7, 11) is 0. The normalized spacial score (nSPS) is 23.9. The molecule has 2 aromatic carbocycles. The maximum absolute atomic E-state index is 14.0. The highest BCUT2D eigenvalue weighted by atomic mass is 19.4. The zero-order valence-corrected chi connectivity index (χ0v) is 30.3. The lowest BCUT2D eigenvalue weighted by atomic mass is 9.77. The molecule has 10 heteroatoms. The maximum atomic E-state index is 14.0. The van der Waals surface area contributed by atoms with Crippen molar-refractivity contribution in [3.8, 4) is 0 Å². The number of aliphatic hydroxyl groups excluding tert-OH is 1. The molecule has 0 aromatic heterocycles. The number of alkyl halides is 6. The smallest absolute Gasteiger partial charge is 0.416 e. The Kier molecular flexibility index (Phi) is 9.09. The van der Waals surface area contributed by atoms with E-state index in [4.69, 9.17) is 0 Å². The summed E-state index contributed by atoms with van der Waals surface area (Å²) in [6, 6.07) is 7.66. The number of rotatable bonds is 6. The van der Waals surface area contributed by atoms with Crippen molar-refractivity contribution >= 4 is 22.9 Å². The number of carbonyl (C=O) groups excluding carboxylic acids is 1. The summed E-state index contributed by atoms with van der Waals surface area (Å²) in [5, 5.41) is 11.5. The van der Waals surface area contributed by atoms with Gasteiger partial charge >= 0.3 is 12.4 Å². The number of carbonyl (C=O) groups is 1. The van der Waals surface area contributed by atoms with Crippen molar-refractivity contribution in [3.05, 3.63) is 93.4 Å². The molecule has 0 radical (unpaired) electrons. The molecule has 4 nitrogen and oxygen atoms in total. The van der Waals surface area contributed by atoms with Crippen LogP contribution >= 0.6 is 0 Å². The SMILES string of the molecule is CC1(C)C(C=C2C(=O)C(/C=C3\N(CC4CCCCC4)c4ccc(C(F)(F)F)cc4C3(C)C)=C2O)=[N+](CC2CCCCC2)c2ccc(C(F)(F)F)cc21. The number of fused-ring (bicyclic) bond motifs is 2. The Morgan fingerprint density at radius 2 is 1.33 bits per heavy atom. The first kappa shape index (κ1) is 36.5. The van der Waals surface area contributed by atoms with Gasteiger partial charge in [0.25, 0.3) is 0 Å². The second-order valence-corrected chi connectivity index (χ2v) is 16.5. The monoisotopic (exact) mass is 725 g/mol. The second-order valence-electron chi connectivity index (χ2n) is 16.5. The summed E-state index contributed by atoms with van der Waals surface area (Å²) >= 11 is 0. The van der Waals surface area contributed by atoms with E-state index in [9.17, 15) is 36.2 Å². The van der Waals surface area contributed by atoms with Gasteiger partial charge in [0.15, 0.2) is 12.3 Å². The minimum absolute atomic E-state index is 0.0823. The number of Topliss-reactive ketones (excluding diaryl/α,β-unsaturated/α-hetero) is 1. The quantitative estimate of drug-likeness (QED) is 0.183. The molecule has 0 saturated heterocycles. The number of nitrogens with zero attached hydrogens (tertiary/aromatic N) is 2. The Labute approximate surface area is 301 Å². The molecule has 0 spiro atoms. The molecule has 2 aromatic rings. The third kappa shape index (κ3) is 6.31. The summed E-state index contributed by atoms with van der Waals surface area (Å²) < 4.78 is 85.2. The van der Waals surface area contributed by atoms with Gasteiger partial charge in [-0.2, -0.15) is 30.9 Å². The van der Waals surface area contributed by atoms with Crippen molar-refractivity contribution in [2.75, 3.05) is 18.0 Å². The molecule has 0 atom stereocenters. The number of anilines is 1. The van der Waals surface area contributed by atoms with Gasteiger partial charge in [-0.1, -0.05) is 52.4 Å². The molecule has 2 aliphatic heterocycles. The van der Waals surface area contributed by atoms with E-state index in [1.807, 2.05) is 37.2 Å². The van der Waals surface area contributed by atoms with Crippen LogP contribution in [0.15, 0.2) is 71.2 Å². The van der Waals surface area contributed by atoms with Gasteiger partial charge in [0.05, 0.1) is 27.7 Å². The number of halogens is 6. The topological polar surface area (TPSA) is 43.6 Å². The lowest BCUT2D eigenvalue weighted by Gasteiger charge is -2.33. The summed E-state index contributed by atoms with van der Waals surface area (Å²) in [5.74, 6) is 0.0582. The number of hydrogen-bond donors (Lipinski definition) is 1. The van der Waals surface area contributed by atoms with Crippen LogP contribution < -0.4 is 4.90 Å². The molecule has 1 N–H and O–H groups in total. The summed E-state index contributed by atoms with van der Waals surface area (Å²) in [6.07, 6.45) is 4.98. The van der Waals surface area contributed by atoms with Crippen LogP contribution in [0.1, 0.15) is 114 Å². The highest BCUT2D eigenvalue weighted by Crippen LogP contribution is 2.52. The van der Waals surface area contributed by atoms with E-state index < -0.39 is 40.1 Å². The second kappa shape index (κ2) is 12.9. The van der Waals surface area contributed by atoms with Gasteiger partial charge in [-0.15, -0.1) is 0 Å². The fourth-order valence-corrected chi connectivity index (χ4v) is 9.26. The zero-order valence-electron chi connectivity index (χ0n) is 30.3. The standard InChI is InChI=1S/C42H46F6N2O2/c1-39(2)31-19-27(41(43,44)45)15-17-33(31)49(23-25-11-7-5-8-12-25)35(39)21-29-37(51)30(38(29)52)22-36-40(3,4)32-20-28(42(46,47)48)16-18-34(32)50(36)24-26-13-9-6-10-14-26/h15-22,25-26H,5-14,23-24H2,1-4H3/p+1. The van der Waals surface area contributed by atoms with Gasteiger partial charge < -0.3 is 10.0 Å². The van der Waals surface area contributed by atoms with Crippen LogP contribution in [0, 0.1) is 11.8 Å². The molecular formula is C42H47F6N2O2+. The van der Waals surface area contributed by atoms with Gasteiger partial charge in [0.1, 0.15) is 5.76 Å². The summed E-state index contributed by atoms with van der Waals surface area (Å²) in [5.41, 5.74) is 0.606. The molecule has 0 amide bonds. The Hall–Kier alpha value is -3.82. The Morgan fingerprint density at radius 1 is 0.769 bits per heavy atom. The van der Waals surface area contributed by atoms with E-state index in [2.05, 4.69) is 0 Å². The molecule has 52 heavy (non-hydrogen) atoms. The fraction of sp³-hybridized carbons (Fsp3) is 0.524. The van der Waals surface area contributed by atoms with Gasteiger partial charge in [-0.05, 0) is 87.4 Å². The average Bonchev–Trinajstić information content (AvgIpc) is 3.43. The Balaban J connectivity index is 1.30. The van der Waals surface area contributed by atoms with Gasteiger partial charge in [-0.3, -0.25) is 4.79 Å². The van der Waals surface area contributed by atoms with Crippen LogP contribution in [0.2, 0.25) is 0 Å². The van der Waals surface area contributed by atoms with E-state index in [0.29, 0.717) is 58.8 Å². The molecule has 2 heterocycles. The first-order valence-corrected chi connectivity index (χ1v) is 18.7. The van der Waals surface area contributed by atoms with E-state index >= 15 is 0 Å². The van der Waals surface area contributed by atoms with Crippen molar-refractivity contribution in [2.24, 2.45) is 11.8 Å². The van der Waals surface area contributed by atoms with Crippen LogP contribution in [-0.4, -0.2) is 34.3 Å². The van der Waals surface area contributed by atoms with Crippen LogP contribution in [0.25, 0.3) is 0 Å². The number of aliphatic hydroxyl groups is 1. The highest BCUT2D eigenvalue weighted by molar-refractivity contribution is 6.24. The van der Waals surface area contributed by atoms with Crippen molar-refractivity contribution < 1.29 is 40.8 Å². The van der Waals surface area contributed by atoms with Crippen molar-refractivity contribution in [1.82, 2.24) is 0 Å². The van der Waals surface area contributed by atoms with E-state index in [-0.39, 0.29) is 16.9 Å². The molecule has 2 saturated carbocycles. The maximum Gasteiger partial charge on any atom is 0.416 e.